The first-order valence-electron chi connectivity index (χ1n) is 8.76. The Kier molecular flexibility index (Phi) is 3.11. The van der Waals surface area contributed by atoms with Gasteiger partial charge in [0.15, 0.2) is 0 Å². The lowest BCUT2D eigenvalue weighted by atomic mass is 9.61. The van der Waals surface area contributed by atoms with Crippen molar-refractivity contribution in [2.45, 2.75) is 24.5 Å². The number of fused-ring (bicyclic) bond motifs is 3. The molecule has 0 N–H and O–H groups in total. The Bertz CT molecular complexity index is 855. The quantitative estimate of drug-likeness (QED) is 0.627. The van der Waals surface area contributed by atoms with Gasteiger partial charge in [0.05, 0.1) is 6.10 Å². The highest BCUT2D eigenvalue weighted by atomic mass is 16.5. The van der Waals surface area contributed by atoms with Gasteiger partial charge < -0.3 is 4.74 Å². The minimum absolute atomic E-state index is 0.194. The average molecular weight is 312 g/mol. The topological polar surface area (TPSA) is 9.23 Å². The normalized spacial score (nSPS) is 27.7. The van der Waals surface area contributed by atoms with Gasteiger partial charge in [0.2, 0.25) is 0 Å². The van der Waals surface area contributed by atoms with Gasteiger partial charge in [0.1, 0.15) is 5.60 Å². The number of benzene rings is 3. The first-order chi connectivity index (χ1) is 11.9. The van der Waals surface area contributed by atoms with Crippen LogP contribution >= 0.6 is 0 Å². The Morgan fingerprint density at radius 2 is 1.42 bits per heavy atom. The zero-order valence-corrected chi connectivity index (χ0v) is 13.6. The van der Waals surface area contributed by atoms with E-state index >= 15 is 0 Å². The summed E-state index contributed by atoms with van der Waals surface area (Å²) in [5.41, 5.74) is 5.10. The Balaban J connectivity index is 1.66. The molecular formula is C23H20O. The molecule has 1 aliphatic heterocycles. The van der Waals surface area contributed by atoms with Crippen LogP contribution in [0.2, 0.25) is 0 Å². The maximum absolute atomic E-state index is 6.73. The van der Waals surface area contributed by atoms with Crippen LogP contribution < -0.4 is 0 Å². The van der Waals surface area contributed by atoms with E-state index in [1.807, 2.05) is 0 Å². The molecule has 1 aliphatic carbocycles. The van der Waals surface area contributed by atoms with Gasteiger partial charge in [-0.15, -0.1) is 0 Å². The third-order valence-corrected chi connectivity index (χ3v) is 5.67. The Labute approximate surface area is 142 Å². The van der Waals surface area contributed by atoms with Crippen LogP contribution in [-0.4, -0.2) is 0 Å². The summed E-state index contributed by atoms with van der Waals surface area (Å²) in [5, 5.41) is 0. The Hall–Kier alpha value is -2.38. The second-order valence-electron chi connectivity index (χ2n) is 6.85. The van der Waals surface area contributed by atoms with Crippen LogP contribution in [-0.2, 0) is 16.8 Å². The molecule has 3 aromatic rings. The maximum atomic E-state index is 6.73. The Morgan fingerprint density at radius 1 is 0.750 bits per heavy atom. The van der Waals surface area contributed by atoms with Gasteiger partial charge in [-0.1, -0.05) is 84.9 Å². The van der Waals surface area contributed by atoms with Crippen molar-refractivity contribution in [2.24, 2.45) is 5.92 Å². The SMILES string of the molecule is c1ccc([C@H]2O[C@@]3(c4ccccc4)c4ccccc4CC[C@@H]23)cc1. The summed E-state index contributed by atoms with van der Waals surface area (Å²) in [7, 11) is 0. The standard InChI is InChI=1S/C23H20O/c1-3-10-18(11-4-1)22-21-16-15-17-9-7-8-14-20(17)23(21,24-22)19-12-5-2-6-13-19/h1-14,21-22H,15-16H2/t21-,22+,23-/m0/s1. The van der Waals surface area contributed by atoms with Gasteiger partial charge in [-0.2, -0.15) is 0 Å². The van der Waals surface area contributed by atoms with Gasteiger partial charge >= 0.3 is 0 Å². The molecule has 2 aliphatic rings. The molecule has 0 radical (unpaired) electrons. The van der Waals surface area contributed by atoms with Crippen LogP contribution in [0.4, 0.5) is 0 Å². The van der Waals surface area contributed by atoms with Crippen LogP contribution in [0.15, 0.2) is 84.9 Å². The van der Waals surface area contributed by atoms with E-state index in [1.54, 1.807) is 0 Å². The van der Waals surface area contributed by atoms with Crippen LogP contribution in [0.1, 0.15) is 34.8 Å². The van der Waals surface area contributed by atoms with E-state index in [4.69, 9.17) is 4.74 Å². The van der Waals surface area contributed by atoms with E-state index in [2.05, 4.69) is 84.9 Å². The monoisotopic (exact) mass is 312 g/mol. The largest absolute Gasteiger partial charge is 0.357 e. The fourth-order valence-electron chi connectivity index (χ4n) is 4.61. The van der Waals surface area contributed by atoms with Crippen LogP contribution in [0, 0.1) is 5.92 Å². The molecule has 5 rings (SSSR count). The highest BCUT2D eigenvalue weighted by Crippen LogP contribution is 2.62. The van der Waals surface area contributed by atoms with Gasteiger partial charge in [-0.05, 0) is 35.1 Å². The van der Waals surface area contributed by atoms with Crippen molar-refractivity contribution in [3.05, 3.63) is 107 Å². The summed E-state index contributed by atoms with van der Waals surface area (Å²) in [5.74, 6) is 0.497. The van der Waals surface area contributed by atoms with Crippen molar-refractivity contribution in [3.63, 3.8) is 0 Å². The number of rotatable bonds is 2. The van der Waals surface area contributed by atoms with Crippen LogP contribution in [0.3, 0.4) is 0 Å². The van der Waals surface area contributed by atoms with Crippen molar-refractivity contribution in [1.82, 2.24) is 0 Å². The molecule has 0 amide bonds. The second-order valence-corrected chi connectivity index (χ2v) is 6.85. The van der Waals surface area contributed by atoms with Crippen molar-refractivity contribution in [1.29, 1.82) is 0 Å². The summed E-state index contributed by atoms with van der Waals surface area (Å²) in [6.07, 6.45) is 2.51. The number of ether oxygens (including phenoxy) is 1. The first kappa shape index (κ1) is 14.0. The molecule has 1 fully saturated rings. The summed E-state index contributed by atoms with van der Waals surface area (Å²) >= 11 is 0. The lowest BCUT2D eigenvalue weighted by Crippen LogP contribution is -2.56. The summed E-state index contributed by atoms with van der Waals surface area (Å²) in [6, 6.07) is 30.2. The summed E-state index contributed by atoms with van der Waals surface area (Å²) in [4.78, 5) is 0. The highest BCUT2D eigenvalue weighted by molar-refractivity contribution is 5.48. The van der Waals surface area contributed by atoms with E-state index in [-0.39, 0.29) is 11.7 Å². The molecule has 0 aromatic heterocycles. The molecule has 1 heteroatoms. The fourth-order valence-corrected chi connectivity index (χ4v) is 4.61. The van der Waals surface area contributed by atoms with E-state index < -0.39 is 0 Å². The predicted molar refractivity (Wildman–Crippen MR) is 95.7 cm³/mol. The summed E-state index contributed by atoms with van der Waals surface area (Å²) < 4.78 is 6.73. The zero-order chi connectivity index (χ0) is 16.0. The first-order valence-corrected chi connectivity index (χ1v) is 8.76. The van der Waals surface area contributed by atoms with Crippen molar-refractivity contribution in [3.8, 4) is 0 Å². The van der Waals surface area contributed by atoms with E-state index in [1.165, 1.54) is 28.7 Å². The highest BCUT2D eigenvalue weighted by Gasteiger charge is 2.59. The third-order valence-electron chi connectivity index (χ3n) is 5.67. The third kappa shape index (κ3) is 1.85. The number of aryl methyl sites for hydroxylation is 1. The average Bonchev–Trinajstić information content (AvgIpc) is 2.64. The van der Waals surface area contributed by atoms with E-state index in [9.17, 15) is 0 Å². The van der Waals surface area contributed by atoms with E-state index in [0.717, 1.165) is 6.42 Å². The van der Waals surface area contributed by atoms with Gasteiger partial charge in [0.25, 0.3) is 0 Å². The van der Waals surface area contributed by atoms with Crippen molar-refractivity contribution < 1.29 is 4.74 Å². The van der Waals surface area contributed by atoms with Gasteiger partial charge in [0, 0.05) is 5.92 Å². The number of hydrogen-bond donors (Lipinski definition) is 0. The predicted octanol–water partition coefficient (Wildman–Crippen LogP) is 5.26. The fraction of sp³-hybridized carbons (Fsp3) is 0.217. The lowest BCUT2D eigenvalue weighted by Gasteiger charge is -2.58. The van der Waals surface area contributed by atoms with E-state index in [0.29, 0.717) is 5.92 Å². The molecule has 0 bridgehead atoms. The molecule has 1 heterocycles. The molecule has 0 spiro atoms. The molecule has 0 saturated carbocycles. The van der Waals surface area contributed by atoms with Gasteiger partial charge in [-0.3, -0.25) is 0 Å². The van der Waals surface area contributed by atoms with Crippen LogP contribution in [0.5, 0.6) is 0 Å². The molecule has 1 saturated heterocycles. The molecular weight excluding hydrogens is 292 g/mol. The minimum atomic E-state index is -0.281. The summed E-state index contributed by atoms with van der Waals surface area (Å²) in [6.45, 7) is 0. The van der Waals surface area contributed by atoms with Crippen molar-refractivity contribution >= 4 is 0 Å². The molecule has 118 valence electrons. The van der Waals surface area contributed by atoms with Gasteiger partial charge in [-0.25, -0.2) is 0 Å². The lowest BCUT2D eigenvalue weighted by molar-refractivity contribution is -0.257. The smallest absolute Gasteiger partial charge is 0.125 e. The molecule has 0 unspecified atom stereocenters. The molecule has 1 nitrogen and oxygen atoms in total. The van der Waals surface area contributed by atoms with Crippen LogP contribution in [0.25, 0.3) is 0 Å². The zero-order valence-electron chi connectivity index (χ0n) is 13.6. The Morgan fingerprint density at radius 3 is 2.21 bits per heavy atom. The maximum Gasteiger partial charge on any atom is 0.125 e. The van der Waals surface area contributed by atoms with Crippen molar-refractivity contribution in [2.75, 3.05) is 0 Å². The minimum Gasteiger partial charge on any atom is -0.357 e. The second kappa shape index (κ2) is 5.32. The number of hydrogen-bond acceptors (Lipinski definition) is 1. The molecule has 3 aromatic carbocycles. The molecule has 3 atom stereocenters. The molecule has 24 heavy (non-hydrogen) atoms.